The van der Waals surface area contributed by atoms with Gasteiger partial charge in [-0.3, -0.25) is 0 Å². The molecule has 0 unspecified atom stereocenters. The van der Waals surface area contributed by atoms with Gasteiger partial charge in [-0.05, 0) is 48.6 Å². The summed E-state index contributed by atoms with van der Waals surface area (Å²) in [6.45, 7) is 6.76. The van der Waals surface area contributed by atoms with Crippen LogP contribution in [0.4, 0.5) is 0 Å². The minimum atomic E-state index is 0.610. The van der Waals surface area contributed by atoms with Gasteiger partial charge in [-0.2, -0.15) is 0 Å². The maximum atomic E-state index is 2.29. The van der Waals surface area contributed by atoms with Crippen molar-refractivity contribution in [1.82, 2.24) is 0 Å². The lowest BCUT2D eigenvalue weighted by atomic mass is 10.00. The molecule has 1 aromatic carbocycles. The van der Waals surface area contributed by atoms with E-state index in [0.717, 1.165) is 0 Å². The van der Waals surface area contributed by atoms with E-state index in [-0.39, 0.29) is 0 Å². The fourth-order valence-corrected chi connectivity index (χ4v) is 3.16. The van der Waals surface area contributed by atoms with Crippen molar-refractivity contribution < 1.29 is 0 Å². The Kier molecular flexibility index (Phi) is 4.71. The van der Waals surface area contributed by atoms with Crippen LogP contribution in [-0.4, -0.2) is 0 Å². The smallest absolute Gasteiger partial charge is 0.0177 e. The molecule has 0 atom stereocenters. The summed E-state index contributed by atoms with van der Waals surface area (Å²) >= 11 is 1.87. The molecular weight excluding hydrogens is 236 g/mol. The van der Waals surface area contributed by atoms with Crippen LogP contribution in [-0.2, 0) is 0 Å². The van der Waals surface area contributed by atoms with Gasteiger partial charge >= 0.3 is 0 Å². The van der Waals surface area contributed by atoms with E-state index in [1.54, 1.807) is 0 Å². The van der Waals surface area contributed by atoms with E-state index < -0.39 is 0 Å². The second-order valence-electron chi connectivity index (χ2n) is 5.27. The predicted molar refractivity (Wildman–Crippen MR) is 83.7 cm³/mol. The molecular formula is C17H22S. The monoisotopic (exact) mass is 258 g/mol. The molecule has 1 heteroatoms. The summed E-state index contributed by atoms with van der Waals surface area (Å²) in [4.78, 5) is 1.45. The van der Waals surface area contributed by atoms with Gasteiger partial charge in [-0.15, -0.1) is 0 Å². The second-order valence-corrected chi connectivity index (χ2v) is 6.18. The van der Waals surface area contributed by atoms with Crippen LogP contribution in [0.3, 0.4) is 0 Å². The van der Waals surface area contributed by atoms with Crippen molar-refractivity contribution in [3.05, 3.63) is 52.4 Å². The van der Waals surface area contributed by atoms with E-state index in [4.69, 9.17) is 0 Å². The highest BCUT2D eigenvalue weighted by molar-refractivity contribution is 8.10. The van der Waals surface area contributed by atoms with Gasteiger partial charge in [0.05, 0.1) is 0 Å². The van der Waals surface area contributed by atoms with Gasteiger partial charge < -0.3 is 0 Å². The number of benzene rings is 1. The number of allylic oxidation sites excluding steroid dienone is 2. The highest BCUT2D eigenvalue weighted by Gasteiger charge is 2.08. The second kappa shape index (κ2) is 6.29. The Balaban J connectivity index is 2.28. The zero-order valence-corrected chi connectivity index (χ0v) is 12.4. The van der Waals surface area contributed by atoms with Crippen LogP contribution in [0.25, 0.3) is 4.91 Å². The summed E-state index contributed by atoms with van der Waals surface area (Å²) in [6, 6.07) is 9.08. The standard InChI is InChI=1S/C17H22S/c1-13(2)15-8-10-16(11-9-15)17-14(3)7-5-4-6-12-18-17/h6,8-13H,4-5,7H2,1-3H3/b12-6-,17-14-. The lowest BCUT2D eigenvalue weighted by Crippen LogP contribution is -1.91. The molecule has 1 heterocycles. The Morgan fingerprint density at radius 2 is 1.83 bits per heavy atom. The molecule has 2 rings (SSSR count). The Morgan fingerprint density at radius 1 is 1.11 bits per heavy atom. The minimum Gasteiger partial charge on any atom is -0.0978 e. The summed E-state index contributed by atoms with van der Waals surface area (Å²) in [7, 11) is 0. The average molecular weight is 258 g/mol. The summed E-state index contributed by atoms with van der Waals surface area (Å²) < 4.78 is 0. The molecule has 0 aliphatic carbocycles. The van der Waals surface area contributed by atoms with Crippen molar-refractivity contribution >= 4 is 16.7 Å². The van der Waals surface area contributed by atoms with Crippen molar-refractivity contribution in [3.8, 4) is 0 Å². The molecule has 1 aliphatic rings. The first-order chi connectivity index (χ1) is 8.68. The molecule has 0 nitrogen and oxygen atoms in total. The van der Waals surface area contributed by atoms with Crippen LogP contribution in [0.2, 0.25) is 0 Å². The third-order valence-electron chi connectivity index (χ3n) is 3.43. The van der Waals surface area contributed by atoms with E-state index in [2.05, 4.69) is 56.5 Å². The molecule has 0 fully saturated rings. The van der Waals surface area contributed by atoms with Crippen molar-refractivity contribution in [2.24, 2.45) is 0 Å². The van der Waals surface area contributed by atoms with Gasteiger partial charge in [-0.1, -0.05) is 61.5 Å². The Labute approximate surface area is 115 Å². The number of rotatable bonds is 2. The van der Waals surface area contributed by atoms with Crippen LogP contribution >= 0.6 is 11.8 Å². The van der Waals surface area contributed by atoms with E-state index in [1.165, 1.54) is 40.9 Å². The zero-order valence-electron chi connectivity index (χ0n) is 11.6. The molecule has 0 aromatic heterocycles. The summed E-state index contributed by atoms with van der Waals surface area (Å²) in [5.74, 6) is 0.610. The molecule has 0 saturated carbocycles. The van der Waals surface area contributed by atoms with Crippen molar-refractivity contribution in [2.75, 3.05) is 0 Å². The predicted octanol–water partition coefficient (Wildman–Crippen LogP) is 5.97. The Morgan fingerprint density at radius 3 is 2.50 bits per heavy atom. The fourth-order valence-electron chi connectivity index (χ4n) is 2.22. The minimum absolute atomic E-state index is 0.610. The van der Waals surface area contributed by atoms with E-state index in [0.29, 0.717) is 5.92 Å². The van der Waals surface area contributed by atoms with Crippen LogP contribution in [0.5, 0.6) is 0 Å². The molecule has 18 heavy (non-hydrogen) atoms. The topological polar surface area (TPSA) is 0 Å². The lowest BCUT2D eigenvalue weighted by molar-refractivity contribution is 0.835. The Bertz CT molecular complexity index is 449. The first-order valence-electron chi connectivity index (χ1n) is 6.80. The largest absolute Gasteiger partial charge is 0.0978 e. The summed E-state index contributed by atoms with van der Waals surface area (Å²) in [5.41, 5.74) is 4.32. The number of hydrogen-bond donors (Lipinski definition) is 0. The van der Waals surface area contributed by atoms with Gasteiger partial charge in [0.1, 0.15) is 0 Å². The Hall–Kier alpha value is -0.950. The molecule has 0 saturated heterocycles. The molecule has 0 amide bonds. The van der Waals surface area contributed by atoms with Gasteiger partial charge in [0, 0.05) is 4.91 Å². The molecule has 1 aliphatic heterocycles. The SMILES string of the molecule is C/C1=C(\c2ccc(C(C)C)cc2)S/C=C\CCC1. The first kappa shape index (κ1) is 13.5. The summed E-state index contributed by atoms with van der Waals surface area (Å²) in [5, 5.41) is 2.24. The first-order valence-corrected chi connectivity index (χ1v) is 7.68. The van der Waals surface area contributed by atoms with Crippen molar-refractivity contribution in [3.63, 3.8) is 0 Å². The van der Waals surface area contributed by atoms with E-state index in [9.17, 15) is 0 Å². The quantitative estimate of drug-likeness (QED) is 0.629. The average Bonchev–Trinajstić information content (AvgIpc) is 2.35. The fraction of sp³-hybridized carbons (Fsp3) is 0.412. The van der Waals surface area contributed by atoms with Gasteiger partial charge in [0.2, 0.25) is 0 Å². The summed E-state index contributed by atoms with van der Waals surface area (Å²) in [6.07, 6.45) is 6.00. The molecule has 0 spiro atoms. The van der Waals surface area contributed by atoms with Gasteiger partial charge in [-0.25, -0.2) is 0 Å². The third kappa shape index (κ3) is 3.29. The van der Waals surface area contributed by atoms with Crippen LogP contribution < -0.4 is 0 Å². The highest BCUT2D eigenvalue weighted by atomic mass is 32.2. The van der Waals surface area contributed by atoms with Crippen LogP contribution in [0.15, 0.2) is 41.3 Å². The van der Waals surface area contributed by atoms with Crippen LogP contribution in [0, 0.1) is 0 Å². The van der Waals surface area contributed by atoms with Crippen molar-refractivity contribution in [1.29, 1.82) is 0 Å². The number of thioether (sulfide) groups is 1. The number of hydrogen-bond acceptors (Lipinski definition) is 1. The van der Waals surface area contributed by atoms with E-state index in [1.807, 2.05) is 11.8 Å². The highest BCUT2D eigenvalue weighted by Crippen LogP contribution is 2.35. The van der Waals surface area contributed by atoms with E-state index >= 15 is 0 Å². The van der Waals surface area contributed by atoms with Crippen LogP contribution in [0.1, 0.15) is 57.1 Å². The molecule has 0 N–H and O–H groups in total. The molecule has 96 valence electrons. The normalized spacial score (nSPS) is 22.7. The maximum Gasteiger partial charge on any atom is 0.0177 e. The molecule has 0 bridgehead atoms. The van der Waals surface area contributed by atoms with Gasteiger partial charge in [0.25, 0.3) is 0 Å². The molecule has 0 radical (unpaired) electrons. The third-order valence-corrected chi connectivity index (χ3v) is 4.58. The zero-order chi connectivity index (χ0) is 13.0. The lowest BCUT2D eigenvalue weighted by Gasteiger charge is -2.14. The maximum absolute atomic E-state index is 2.29. The molecule has 1 aromatic rings. The van der Waals surface area contributed by atoms with Crippen molar-refractivity contribution in [2.45, 2.75) is 46.0 Å². The van der Waals surface area contributed by atoms with Gasteiger partial charge in [0.15, 0.2) is 0 Å².